The maximum Gasteiger partial charge on any atom is 0.317 e. The van der Waals surface area contributed by atoms with Crippen LogP contribution in [0.25, 0.3) is 0 Å². The monoisotopic (exact) mass is 321 g/mol. The fourth-order valence-corrected chi connectivity index (χ4v) is 2.66. The molecule has 1 saturated heterocycles. The minimum absolute atomic E-state index is 0.0389. The molecule has 0 atom stereocenters. The number of carbonyl (C=O) groups is 2. The molecule has 0 bridgehead atoms. The van der Waals surface area contributed by atoms with E-state index in [0.717, 1.165) is 19.3 Å². The molecule has 0 radical (unpaired) electrons. The minimum Gasteiger partial charge on any atom is -0.353 e. The van der Waals surface area contributed by atoms with Gasteiger partial charge in [-0.25, -0.2) is 9.18 Å². The van der Waals surface area contributed by atoms with Crippen molar-refractivity contribution in [1.29, 1.82) is 0 Å². The van der Waals surface area contributed by atoms with Crippen LogP contribution in [0.4, 0.5) is 9.18 Å². The van der Waals surface area contributed by atoms with Gasteiger partial charge in [0.05, 0.1) is 6.42 Å². The topological polar surface area (TPSA) is 61.4 Å². The third-order valence-corrected chi connectivity index (χ3v) is 3.98. The summed E-state index contributed by atoms with van der Waals surface area (Å²) in [6.07, 6.45) is 2.41. The Balaban J connectivity index is 1.74. The summed E-state index contributed by atoms with van der Waals surface area (Å²) in [6, 6.07) is 6.31. The second-order valence-electron chi connectivity index (χ2n) is 5.83. The molecule has 1 aromatic rings. The Bertz CT molecular complexity index is 542. The van der Waals surface area contributed by atoms with Crippen molar-refractivity contribution in [3.63, 3.8) is 0 Å². The Morgan fingerprint density at radius 1 is 1.26 bits per heavy atom. The lowest BCUT2D eigenvalue weighted by atomic mass is 10.0. The number of halogens is 1. The van der Waals surface area contributed by atoms with Crippen molar-refractivity contribution >= 4 is 11.9 Å². The first-order chi connectivity index (χ1) is 11.1. The molecule has 0 saturated carbocycles. The van der Waals surface area contributed by atoms with Crippen LogP contribution in [-0.4, -0.2) is 42.5 Å². The molecule has 0 unspecified atom stereocenters. The van der Waals surface area contributed by atoms with Crippen LogP contribution in [0.2, 0.25) is 0 Å². The minimum atomic E-state index is -0.356. The summed E-state index contributed by atoms with van der Waals surface area (Å²) in [5.41, 5.74) is 0.404. The molecule has 0 spiro atoms. The van der Waals surface area contributed by atoms with Gasteiger partial charge in [-0.2, -0.15) is 0 Å². The number of piperidine rings is 1. The summed E-state index contributed by atoms with van der Waals surface area (Å²) in [6.45, 7) is 3.94. The highest BCUT2D eigenvalue weighted by Crippen LogP contribution is 2.12. The Kier molecular flexibility index (Phi) is 6.38. The van der Waals surface area contributed by atoms with Gasteiger partial charge in [0.1, 0.15) is 5.82 Å². The lowest BCUT2D eigenvalue weighted by Crippen LogP contribution is -2.49. The molecule has 23 heavy (non-hydrogen) atoms. The van der Waals surface area contributed by atoms with E-state index in [2.05, 4.69) is 10.6 Å². The predicted molar refractivity (Wildman–Crippen MR) is 86.5 cm³/mol. The SMILES string of the molecule is CCCNC(=O)N1CCC(NC(=O)Cc2ccccc2F)CC1. The van der Waals surface area contributed by atoms with Crippen molar-refractivity contribution in [3.8, 4) is 0 Å². The predicted octanol–water partition coefficient (Wildman–Crippen LogP) is 2.07. The third kappa shape index (κ3) is 5.23. The first-order valence-corrected chi connectivity index (χ1v) is 8.15. The Hall–Kier alpha value is -2.11. The highest BCUT2D eigenvalue weighted by atomic mass is 19.1. The summed E-state index contributed by atoms with van der Waals surface area (Å²) >= 11 is 0. The molecule has 1 heterocycles. The lowest BCUT2D eigenvalue weighted by molar-refractivity contribution is -0.121. The van der Waals surface area contributed by atoms with E-state index in [1.54, 1.807) is 23.1 Å². The van der Waals surface area contributed by atoms with Gasteiger partial charge in [-0.3, -0.25) is 4.79 Å². The molecular formula is C17H24FN3O2. The molecule has 1 aliphatic rings. The van der Waals surface area contributed by atoms with Gasteiger partial charge >= 0.3 is 6.03 Å². The summed E-state index contributed by atoms with van der Waals surface area (Å²) in [5.74, 6) is -0.533. The Morgan fingerprint density at radius 3 is 2.61 bits per heavy atom. The highest BCUT2D eigenvalue weighted by molar-refractivity contribution is 5.79. The fourth-order valence-electron chi connectivity index (χ4n) is 2.66. The molecule has 126 valence electrons. The number of nitrogens with one attached hydrogen (secondary N) is 2. The molecule has 0 aromatic heterocycles. The number of rotatable bonds is 5. The maximum absolute atomic E-state index is 13.5. The van der Waals surface area contributed by atoms with E-state index in [4.69, 9.17) is 0 Å². The molecule has 2 rings (SSSR count). The van der Waals surface area contributed by atoms with E-state index in [9.17, 15) is 14.0 Å². The summed E-state index contributed by atoms with van der Waals surface area (Å²) in [4.78, 5) is 25.6. The molecule has 2 N–H and O–H groups in total. The van der Waals surface area contributed by atoms with Crippen LogP contribution >= 0.6 is 0 Å². The normalized spacial score (nSPS) is 15.3. The lowest BCUT2D eigenvalue weighted by Gasteiger charge is -2.32. The van der Waals surface area contributed by atoms with Crippen LogP contribution in [-0.2, 0) is 11.2 Å². The number of nitrogens with zero attached hydrogens (tertiary/aromatic N) is 1. The third-order valence-electron chi connectivity index (χ3n) is 3.98. The number of carbonyl (C=O) groups excluding carboxylic acids is 2. The van der Waals surface area contributed by atoms with Crippen LogP contribution < -0.4 is 10.6 Å². The van der Waals surface area contributed by atoms with Gasteiger partial charge in [0.25, 0.3) is 0 Å². The van der Waals surface area contributed by atoms with Crippen molar-refractivity contribution in [3.05, 3.63) is 35.6 Å². The van der Waals surface area contributed by atoms with Crippen molar-refractivity contribution in [1.82, 2.24) is 15.5 Å². The number of hydrogen-bond donors (Lipinski definition) is 2. The summed E-state index contributed by atoms with van der Waals surface area (Å²) in [5, 5.41) is 5.79. The second-order valence-corrected chi connectivity index (χ2v) is 5.83. The van der Waals surface area contributed by atoms with E-state index in [-0.39, 0.29) is 30.2 Å². The molecule has 3 amide bonds. The van der Waals surface area contributed by atoms with E-state index < -0.39 is 0 Å². The Labute approximate surface area is 136 Å². The van der Waals surface area contributed by atoms with Crippen molar-refractivity contribution < 1.29 is 14.0 Å². The van der Waals surface area contributed by atoms with Crippen LogP contribution in [0.5, 0.6) is 0 Å². The van der Waals surface area contributed by atoms with Crippen molar-refractivity contribution in [2.45, 2.75) is 38.6 Å². The van der Waals surface area contributed by atoms with Crippen molar-refractivity contribution in [2.24, 2.45) is 0 Å². The van der Waals surface area contributed by atoms with Gasteiger partial charge in [0.15, 0.2) is 0 Å². The summed E-state index contributed by atoms with van der Waals surface area (Å²) < 4.78 is 13.5. The van der Waals surface area contributed by atoms with Crippen LogP contribution in [0.1, 0.15) is 31.7 Å². The molecule has 1 aliphatic heterocycles. The highest BCUT2D eigenvalue weighted by Gasteiger charge is 2.23. The number of likely N-dealkylation sites (tertiary alicyclic amines) is 1. The summed E-state index contributed by atoms with van der Waals surface area (Å²) in [7, 11) is 0. The second kappa shape index (κ2) is 8.50. The molecule has 0 aliphatic carbocycles. The van der Waals surface area contributed by atoms with Crippen molar-refractivity contribution in [2.75, 3.05) is 19.6 Å². The molecule has 6 heteroatoms. The standard InChI is InChI=1S/C17H24FN3O2/c1-2-9-19-17(23)21-10-7-14(8-11-21)20-16(22)12-13-5-3-4-6-15(13)18/h3-6,14H,2,7-12H2,1H3,(H,19,23)(H,20,22). The first-order valence-electron chi connectivity index (χ1n) is 8.15. The van der Waals surface area contributed by atoms with Gasteiger partial charge in [0, 0.05) is 25.7 Å². The molecule has 1 aromatic carbocycles. The van der Waals surface area contributed by atoms with E-state index in [1.165, 1.54) is 6.07 Å². The van der Waals surface area contributed by atoms with Gasteiger partial charge in [-0.05, 0) is 30.9 Å². The zero-order valence-electron chi connectivity index (χ0n) is 13.5. The maximum atomic E-state index is 13.5. The average molecular weight is 321 g/mol. The zero-order valence-corrected chi connectivity index (χ0v) is 13.5. The van der Waals surface area contributed by atoms with Crippen LogP contribution in [0.15, 0.2) is 24.3 Å². The van der Waals surface area contributed by atoms with Crippen LogP contribution in [0, 0.1) is 5.82 Å². The van der Waals surface area contributed by atoms with Crippen LogP contribution in [0.3, 0.4) is 0 Å². The smallest absolute Gasteiger partial charge is 0.317 e. The van der Waals surface area contributed by atoms with Gasteiger partial charge in [-0.1, -0.05) is 25.1 Å². The molecule has 1 fully saturated rings. The van der Waals surface area contributed by atoms with E-state index in [0.29, 0.717) is 25.2 Å². The number of amides is 3. The number of urea groups is 1. The van der Waals surface area contributed by atoms with E-state index >= 15 is 0 Å². The first kappa shape index (κ1) is 17.2. The Morgan fingerprint density at radius 2 is 1.96 bits per heavy atom. The number of hydrogen-bond acceptors (Lipinski definition) is 2. The van der Waals surface area contributed by atoms with Gasteiger partial charge < -0.3 is 15.5 Å². The van der Waals surface area contributed by atoms with Gasteiger partial charge in [-0.15, -0.1) is 0 Å². The van der Waals surface area contributed by atoms with E-state index in [1.807, 2.05) is 6.92 Å². The average Bonchev–Trinajstić information content (AvgIpc) is 2.55. The quantitative estimate of drug-likeness (QED) is 0.872. The molecular weight excluding hydrogens is 297 g/mol. The van der Waals surface area contributed by atoms with Gasteiger partial charge in [0.2, 0.25) is 5.91 Å². The molecule has 5 nitrogen and oxygen atoms in total. The number of benzene rings is 1. The largest absolute Gasteiger partial charge is 0.353 e. The fraction of sp³-hybridized carbons (Fsp3) is 0.529. The zero-order chi connectivity index (χ0) is 16.7.